The van der Waals surface area contributed by atoms with Crippen molar-refractivity contribution in [2.75, 3.05) is 0 Å². The van der Waals surface area contributed by atoms with Crippen LogP contribution in [0.1, 0.15) is 15.9 Å². The van der Waals surface area contributed by atoms with Gasteiger partial charge in [-0.2, -0.15) is 0 Å². The molecule has 0 amide bonds. The summed E-state index contributed by atoms with van der Waals surface area (Å²) in [6.45, 7) is 0.251. The zero-order valence-corrected chi connectivity index (χ0v) is 10.2. The maximum atomic E-state index is 13.0. The van der Waals surface area contributed by atoms with E-state index < -0.39 is 5.82 Å². The van der Waals surface area contributed by atoms with E-state index in [9.17, 15) is 9.18 Å². The standard InChI is InChI=1S/C14H10ClFO2/c15-12-4-1-10(2-5-12)9-18-14-7-13(16)6-3-11(14)8-17/h1-8H,9H2. The average molecular weight is 265 g/mol. The van der Waals surface area contributed by atoms with Crippen LogP contribution < -0.4 is 4.74 Å². The number of hydrogen-bond acceptors (Lipinski definition) is 2. The molecule has 0 saturated carbocycles. The highest BCUT2D eigenvalue weighted by Crippen LogP contribution is 2.20. The van der Waals surface area contributed by atoms with Gasteiger partial charge < -0.3 is 4.74 Å². The van der Waals surface area contributed by atoms with Crippen LogP contribution in [0.5, 0.6) is 5.75 Å². The molecule has 0 radical (unpaired) electrons. The van der Waals surface area contributed by atoms with Crippen molar-refractivity contribution >= 4 is 17.9 Å². The lowest BCUT2D eigenvalue weighted by atomic mass is 10.2. The van der Waals surface area contributed by atoms with E-state index in [1.165, 1.54) is 18.2 Å². The van der Waals surface area contributed by atoms with Gasteiger partial charge in [0, 0.05) is 11.1 Å². The molecule has 2 rings (SSSR count). The largest absolute Gasteiger partial charge is 0.488 e. The smallest absolute Gasteiger partial charge is 0.153 e. The van der Waals surface area contributed by atoms with E-state index in [1.54, 1.807) is 12.1 Å². The van der Waals surface area contributed by atoms with Crippen molar-refractivity contribution in [2.45, 2.75) is 6.61 Å². The van der Waals surface area contributed by atoms with E-state index in [2.05, 4.69) is 0 Å². The van der Waals surface area contributed by atoms with Gasteiger partial charge in [0.1, 0.15) is 18.2 Å². The van der Waals surface area contributed by atoms with Crippen LogP contribution in [0, 0.1) is 5.82 Å². The van der Waals surface area contributed by atoms with Crippen molar-refractivity contribution in [1.29, 1.82) is 0 Å². The first-order valence-corrected chi connectivity index (χ1v) is 5.69. The number of rotatable bonds is 4. The van der Waals surface area contributed by atoms with Crippen LogP contribution in [-0.2, 0) is 6.61 Å². The second-order valence-electron chi connectivity index (χ2n) is 3.72. The minimum Gasteiger partial charge on any atom is -0.488 e. The molecule has 0 saturated heterocycles. The quantitative estimate of drug-likeness (QED) is 0.784. The van der Waals surface area contributed by atoms with Crippen LogP contribution in [0.15, 0.2) is 42.5 Å². The molecule has 2 aromatic carbocycles. The van der Waals surface area contributed by atoms with Gasteiger partial charge >= 0.3 is 0 Å². The van der Waals surface area contributed by atoms with E-state index in [4.69, 9.17) is 16.3 Å². The molecule has 0 aliphatic rings. The molecule has 2 aromatic rings. The first kappa shape index (κ1) is 12.6. The predicted octanol–water partition coefficient (Wildman–Crippen LogP) is 3.87. The van der Waals surface area contributed by atoms with Crippen molar-refractivity contribution in [3.05, 3.63) is 64.4 Å². The molecule has 0 spiro atoms. The lowest BCUT2D eigenvalue weighted by Crippen LogP contribution is -1.98. The van der Waals surface area contributed by atoms with Crippen LogP contribution in [0.2, 0.25) is 5.02 Å². The molecule has 0 unspecified atom stereocenters. The third-order valence-electron chi connectivity index (χ3n) is 2.41. The van der Waals surface area contributed by atoms with Crippen LogP contribution >= 0.6 is 11.6 Å². The Balaban J connectivity index is 2.12. The molecule has 18 heavy (non-hydrogen) atoms. The van der Waals surface area contributed by atoms with Crippen LogP contribution in [-0.4, -0.2) is 6.29 Å². The highest BCUT2D eigenvalue weighted by atomic mass is 35.5. The van der Waals surface area contributed by atoms with Gasteiger partial charge in [-0.05, 0) is 29.8 Å². The molecule has 0 fully saturated rings. The van der Waals surface area contributed by atoms with Crippen molar-refractivity contribution in [3.8, 4) is 5.75 Å². The van der Waals surface area contributed by atoms with E-state index in [0.717, 1.165) is 5.56 Å². The summed E-state index contributed by atoms with van der Waals surface area (Å²) in [5.74, 6) is -0.202. The van der Waals surface area contributed by atoms with E-state index in [1.807, 2.05) is 12.1 Å². The zero-order chi connectivity index (χ0) is 13.0. The summed E-state index contributed by atoms with van der Waals surface area (Å²) >= 11 is 5.76. The summed E-state index contributed by atoms with van der Waals surface area (Å²) in [4.78, 5) is 10.8. The van der Waals surface area contributed by atoms with Crippen LogP contribution in [0.4, 0.5) is 4.39 Å². The highest BCUT2D eigenvalue weighted by Gasteiger charge is 2.05. The van der Waals surface area contributed by atoms with Crippen molar-refractivity contribution < 1.29 is 13.9 Å². The highest BCUT2D eigenvalue weighted by molar-refractivity contribution is 6.30. The van der Waals surface area contributed by atoms with Gasteiger partial charge in [-0.1, -0.05) is 23.7 Å². The van der Waals surface area contributed by atoms with E-state index >= 15 is 0 Å². The third kappa shape index (κ3) is 3.08. The Morgan fingerprint density at radius 1 is 1.17 bits per heavy atom. The molecule has 0 heterocycles. The minimum atomic E-state index is -0.438. The van der Waals surface area contributed by atoms with Gasteiger partial charge in [-0.3, -0.25) is 4.79 Å². The summed E-state index contributed by atoms with van der Waals surface area (Å²) < 4.78 is 18.5. The Morgan fingerprint density at radius 2 is 1.89 bits per heavy atom. The molecule has 0 aliphatic heterocycles. The number of hydrogen-bond donors (Lipinski definition) is 0. The summed E-state index contributed by atoms with van der Waals surface area (Å²) in [5.41, 5.74) is 1.21. The summed E-state index contributed by atoms with van der Waals surface area (Å²) in [7, 11) is 0. The molecular formula is C14H10ClFO2. The van der Waals surface area contributed by atoms with Crippen molar-refractivity contribution in [1.82, 2.24) is 0 Å². The monoisotopic (exact) mass is 264 g/mol. The molecule has 0 bridgehead atoms. The Morgan fingerprint density at radius 3 is 2.56 bits per heavy atom. The number of carbonyl (C=O) groups excluding carboxylic acids is 1. The summed E-state index contributed by atoms with van der Waals surface area (Å²) in [5, 5.41) is 0.637. The third-order valence-corrected chi connectivity index (χ3v) is 2.66. The predicted molar refractivity (Wildman–Crippen MR) is 67.6 cm³/mol. The molecule has 4 heteroatoms. The lowest BCUT2D eigenvalue weighted by Gasteiger charge is -2.08. The molecule has 0 aliphatic carbocycles. The Kier molecular flexibility index (Phi) is 3.95. The first-order chi connectivity index (χ1) is 8.69. The topological polar surface area (TPSA) is 26.3 Å². The van der Waals surface area contributed by atoms with Crippen molar-refractivity contribution in [3.63, 3.8) is 0 Å². The number of carbonyl (C=O) groups is 1. The Labute approximate surface area is 109 Å². The maximum Gasteiger partial charge on any atom is 0.153 e. The fourth-order valence-electron chi connectivity index (χ4n) is 1.47. The number of aldehydes is 1. The molecule has 0 atom stereocenters. The number of ether oxygens (including phenoxy) is 1. The maximum absolute atomic E-state index is 13.0. The van der Waals surface area contributed by atoms with Gasteiger partial charge in [0.05, 0.1) is 5.56 Å². The number of halogens is 2. The van der Waals surface area contributed by atoms with Gasteiger partial charge in [0.2, 0.25) is 0 Å². The molecule has 2 nitrogen and oxygen atoms in total. The van der Waals surface area contributed by atoms with E-state index in [0.29, 0.717) is 16.9 Å². The van der Waals surface area contributed by atoms with E-state index in [-0.39, 0.29) is 12.4 Å². The Bertz CT molecular complexity index is 552. The SMILES string of the molecule is O=Cc1ccc(F)cc1OCc1ccc(Cl)cc1. The Hall–Kier alpha value is -1.87. The molecular weight excluding hydrogens is 255 g/mol. The van der Waals surface area contributed by atoms with Crippen LogP contribution in [0.25, 0.3) is 0 Å². The fraction of sp³-hybridized carbons (Fsp3) is 0.0714. The van der Waals surface area contributed by atoms with Crippen LogP contribution in [0.3, 0.4) is 0 Å². The lowest BCUT2D eigenvalue weighted by molar-refractivity contribution is 0.111. The summed E-state index contributed by atoms with van der Waals surface area (Å²) in [6, 6.07) is 10.9. The minimum absolute atomic E-state index is 0.236. The second kappa shape index (κ2) is 5.65. The zero-order valence-electron chi connectivity index (χ0n) is 9.40. The number of benzene rings is 2. The van der Waals surface area contributed by atoms with Crippen molar-refractivity contribution in [2.24, 2.45) is 0 Å². The molecule has 0 N–H and O–H groups in total. The van der Waals surface area contributed by atoms with Gasteiger partial charge in [0.15, 0.2) is 6.29 Å². The van der Waals surface area contributed by atoms with Gasteiger partial charge in [0.25, 0.3) is 0 Å². The fourth-order valence-corrected chi connectivity index (χ4v) is 1.60. The average Bonchev–Trinajstić information content (AvgIpc) is 2.38. The van der Waals surface area contributed by atoms with Gasteiger partial charge in [-0.25, -0.2) is 4.39 Å². The summed E-state index contributed by atoms with van der Waals surface area (Å²) in [6.07, 6.45) is 0.636. The molecule has 92 valence electrons. The molecule has 0 aromatic heterocycles. The normalized spacial score (nSPS) is 10.1. The van der Waals surface area contributed by atoms with Gasteiger partial charge in [-0.15, -0.1) is 0 Å². The first-order valence-electron chi connectivity index (χ1n) is 5.31. The second-order valence-corrected chi connectivity index (χ2v) is 4.15.